The summed E-state index contributed by atoms with van der Waals surface area (Å²) in [5, 5.41) is 2.81. The number of amides is 3. The molecule has 3 saturated heterocycles. The fraction of sp³-hybridized carbons (Fsp3) is 0.542. The minimum absolute atomic E-state index is 0.113. The standard InChI is InChI=1S/C24H30N4O6/c1-13(2)11-16(26-22(31)14-3-5-15(25)6-4-14)23(32)27-9-7-17-20(27)19(30)12-28(17)24(33)21-18(29)8-10-34-21/h3-6,13,16-17,20-21H,7-12,25H2,1-2H3,(H,26,31). The maximum atomic E-state index is 13.5. The summed E-state index contributed by atoms with van der Waals surface area (Å²) >= 11 is 0. The van der Waals surface area contributed by atoms with Gasteiger partial charge in [-0.1, -0.05) is 13.8 Å². The minimum Gasteiger partial charge on any atom is -0.399 e. The Morgan fingerprint density at radius 2 is 1.82 bits per heavy atom. The molecule has 10 nitrogen and oxygen atoms in total. The number of Topliss-reactive ketones (excluding diaryl/α,β-unsaturated/α-hetero) is 2. The molecule has 182 valence electrons. The van der Waals surface area contributed by atoms with E-state index in [0.29, 0.717) is 24.1 Å². The first kappa shape index (κ1) is 23.9. The van der Waals surface area contributed by atoms with Crippen LogP contribution in [0.15, 0.2) is 24.3 Å². The van der Waals surface area contributed by atoms with Gasteiger partial charge < -0.3 is 25.6 Å². The highest BCUT2D eigenvalue weighted by atomic mass is 16.5. The summed E-state index contributed by atoms with van der Waals surface area (Å²) in [7, 11) is 0. The molecular weight excluding hydrogens is 440 g/mol. The Morgan fingerprint density at radius 1 is 1.12 bits per heavy atom. The first-order valence-electron chi connectivity index (χ1n) is 11.6. The molecule has 34 heavy (non-hydrogen) atoms. The Kier molecular flexibility index (Phi) is 6.70. The molecule has 10 heteroatoms. The van der Waals surface area contributed by atoms with Crippen LogP contribution in [0.5, 0.6) is 0 Å². The monoisotopic (exact) mass is 470 g/mol. The van der Waals surface area contributed by atoms with Gasteiger partial charge in [0, 0.05) is 24.2 Å². The predicted octanol–water partition coefficient (Wildman–Crippen LogP) is 0.152. The minimum atomic E-state index is -1.16. The third-order valence-corrected chi connectivity index (χ3v) is 6.62. The largest absolute Gasteiger partial charge is 0.399 e. The van der Waals surface area contributed by atoms with E-state index in [4.69, 9.17) is 10.5 Å². The molecule has 0 aromatic heterocycles. The second kappa shape index (κ2) is 9.54. The number of hydrogen-bond acceptors (Lipinski definition) is 7. The molecule has 4 atom stereocenters. The highest BCUT2D eigenvalue weighted by Crippen LogP contribution is 2.32. The first-order valence-corrected chi connectivity index (χ1v) is 11.6. The van der Waals surface area contributed by atoms with Gasteiger partial charge in [0.25, 0.3) is 11.8 Å². The summed E-state index contributed by atoms with van der Waals surface area (Å²) in [5.74, 6) is -1.67. The smallest absolute Gasteiger partial charge is 0.260 e. The predicted molar refractivity (Wildman–Crippen MR) is 122 cm³/mol. The molecule has 1 aromatic rings. The van der Waals surface area contributed by atoms with Crippen LogP contribution in [0.25, 0.3) is 0 Å². The number of nitrogens with one attached hydrogen (secondary N) is 1. The third kappa shape index (κ3) is 4.54. The van der Waals surface area contributed by atoms with E-state index in [1.54, 1.807) is 24.3 Å². The lowest BCUT2D eigenvalue weighted by molar-refractivity contribution is -0.146. The number of rotatable bonds is 6. The number of nitrogens with zero attached hydrogens (tertiary/aromatic N) is 2. The Labute approximate surface area is 197 Å². The lowest BCUT2D eigenvalue weighted by Gasteiger charge is -2.29. The maximum Gasteiger partial charge on any atom is 0.260 e. The van der Waals surface area contributed by atoms with Gasteiger partial charge in [0.05, 0.1) is 19.2 Å². The zero-order valence-electron chi connectivity index (χ0n) is 19.4. The zero-order chi connectivity index (χ0) is 24.6. The van der Waals surface area contributed by atoms with Crippen LogP contribution in [0.3, 0.4) is 0 Å². The molecule has 4 rings (SSSR count). The highest BCUT2D eigenvalue weighted by Gasteiger charge is 2.54. The van der Waals surface area contributed by atoms with E-state index in [0.717, 1.165) is 0 Å². The molecule has 3 amide bonds. The number of fused-ring (bicyclic) bond motifs is 1. The van der Waals surface area contributed by atoms with Gasteiger partial charge in [-0.2, -0.15) is 0 Å². The van der Waals surface area contributed by atoms with Crippen molar-refractivity contribution in [3.8, 4) is 0 Å². The Hall–Kier alpha value is -3.27. The van der Waals surface area contributed by atoms with Crippen molar-refractivity contribution < 1.29 is 28.7 Å². The third-order valence-electron chi connectivity index (χ3n) is 6.62. The summed E-state index contributed by atoms with van der Waals surface area (Å²) in [4.78, 5) is 66.9. The van der Waals surface area contributed by atoms with Crippen molar-refractivity contribution in [2.75, 3.05) is 25.4 Å². The van der Waals surface area contributed by atoms with Crippen LogP contribution in [-0.2, 0) is 23.9 Å². The van der Waals surface area contributed by atoms with Crippen LogP contribution in [0, 0.1) is 5.92 Å². The van der Waals surface area contributed by atoms with E-state index >= 15 is 0 Å². The number of carbonyl (C=O) groups is 5. The van der Waals surface area contributed by atoms with Crippen LogP contribution in [0.4, 0.5) is 5.69 Å². The Morgan fingerprint density at radius 3 is 2.44 bits per heavy atom. The van der Waals surface area contributed by atoms with Crippen molar-refractivity contribution in [1.29, 1.82) is 0 Å². The normalized spacial score (nSPS) is 25.1. The van der Waals surface area contributed by atoms with E-state index in [2.05, 4.69) is 5.32 Å². The van der Waals surface area contributed by atoms with E-state index in [1.807, 2.05) is 13.8 Å². The summed E-state index contributed by atoms with van der Waals surface area (Å²) in [6, 6.07) is 4.31. The molecule has 3 aliphatic rings. The molecule has 3 heterocycles. The maximum absolute atomic E-state index is 13.5. The topological polar surface area (TPSA) is 139 Å². The van der Waals surface area contributed by atoms with E-state index in [1.165, 1.54) is 9.80 Å². The average Bonchev–Trinajstić information content (AvgIpc) is 3.49. The van der Waals surface area contributed by atoms with E-state index in [9.17, 15) is 24.0 Å². The summed E-state index contributed by atoms with van der Waals surface area (Å²) in [5.41, 5.74) is 6.59. The van der Waals surface area contributed by atoms with Crippen LogP contribution >= 0.6 is 0 Å². The van der Waals surface area contributed by atoms with Crippen molar-refractivity contribution in [2.45, 2.75) is 57.3 Å². The van der Waals surface area contributed by atoms with Gasteiger partial charge in [-0.05, 0) is 43.0 Å². The summed E-state index contributed by atoms with van der Waals surface area (Å²) in [6.45, 7) is 4.22. The van der Waals surface area contributed by atoms with Gasteiger partial charge in [0.1, 0.15) is 12.1 Å². The van der Waals surface area contributed by atoms with Gasteiger partial charge in [0.15, 0.2) is 17.7 Å². The number of carbonyl (C=O) groups excluding carboxylic acids is 5. The molecule has 0 bridgehead atoms. The van der Waals surface area contributed by atoms with Crippen LogP contribution in [0.2, 0.25) is 0 Å². The molecule has 0 spiro atoms. The summed E-state index contributed by atoms with van der Waals surface area (Å²) in [6.07, 6.45) is -0.158. The van der Waals surface area contributed by atoms with Crippen molar-refractivity contribution in [1.82, 2.24) is 15.1 Å². The van der Waals surface area contributed by atoms with E-state index in [-0.39, 0.29) is 49.5 Å². The molecule has 1 aromatic carbocycles. The number of nitrogen functional groups attached to an aromatic ring is 1. The van der Waals surface area contributed by atoms with Gasteiger partial charge in [-0.15, -0.1) is 0 Å². The Balaban J connectivity index is 1.49. The van der Waals surface area contributed by atoms with Crippen LogP contribution in [0.1, 0.15) is 43.5 Å². The number of nitrogens with two attached hydrogens (primary N) is 1. The molecule has 4 unspecified atom stereocenters. The molecule has 3 fully saturated rings. The second-order valence-corrected chi connectivity index (χ2v) is 9.51. The first-order chi connectivity index (χ1) is 16.2. The number of anilines is 1. The van der Waals surface area contributed by atoms with Crippen molar-refractivity contribution in [3.63, 3.8) is 0 Å². The second-order valence-electron chi connectivity index (χ2n) is 9.51. The zero-order valence-corrected chi connectivity index (χ0v) is 19.4. The lowest BCUT2D eigenvalue weighted by Crippen LogP contribution is -2.53. The molecule has 3 N–H and O–H groups in total. The van der Waals surface area contributed by atoms with Crippen LogP contribution in [-0.4, -0.2) is 83.0 Å². The number of likely N-dealkylation sites (tertiary alicyclic amines) is 2. The fourth-order valence-corrected chi connectivity index (χ4v) is 4.99. The van der Waals surface area contributed by atoms with Gasteiger partial charge in [-0.25, -0.2) is 0 Å². The number of benzene rings is 1. The van der Waals surface area contributed by atoms with E-state index < -0.39 is 36.0 Å². The molecule has 3 aliphatic heterocycles. The van der Waals surface area contributed by atoms with Crippen LogP contribution < -0.4 is 11.1 Å². The molecule has 0 saturated carbocycles. The van der Waals surface area contributed by atoms with Gasteiger partial charge in [-0.3, -0.25) is 24.0 Å². The molecular formula is C24H30N4O6. The number of ketones is 2. The Bertz CT molecular complexity index is 1010. The SMILES string of the molecule is CC(C)CC(NC(=O)c1ccc(N)cc1)C(=O)N1CCC2C1C(=O)CN2C(=O)C1OCCC1=O. The number of hydrogen-bond donors (Lipinski definition) is 2. The quantitative estimate of drug-likeness (QED) is 0.446. The summed E-state index contributed by atoms with van der Waals surface area (Å²) < 4.78 is 5.28. The molecule has 0 aliphatic carbocycles. The average molecular weight is 471 g/mol. The van der Waals surface area contributed by atoms with Gasteiger partial charge >= 0.3 is 0 Å². The lowest BCUT2D eigenvalue weighted by atomic mass is 10.0. The molecule has 0 radical (unpaired) electrons. The van der Waals surface area contributed by atoms with Crippen molar-refractivity contribution >= 4 is 35.0 Å². The van der Waals surface area contributed by atoms with Crippen molar-refractivity contribution in [3.05, 3.63) is 29.8 Å². The fourth-order valence-electron chi connectivity index (χ4n) is 4.99. The number of ether oxygens (including phenoxy) is 1. The highest BCUT2D eigenvalue weighted by molar-refractivity contribution is 6.08. The van der Waals surface area contributed by atoms with Gasteiger partial charge in [0.2, 0.25) is 5.91 Å². The van der Waals surface area contributed by atoms with Crippen molar-refractivity contribution in [2.24, 2.45) is 5.92 Å².